The lowest BCUT2D eigenvalue weighted by Crippen LogP contribution is -2.33. The molecule has 0 aliphatic carbocycles. The monoisotopic (exact) mass is 512 g/mol. The third-order valence-electron chi connectivity index (χ3n) is 6.31. The number of carbonyl (C=O) groups is 1. The minimum absolute atomic E-state index is 0.0518. The van der Waals surface area contributed by atoms with Crippen LogP contribution < -0.4 is 26.7 Å². The van der Waals surface area contributed by atoms with E-state index in [9.17, 15) is 19.3 Å². The van der Waals surface area contributed by atoms with E-state index in [0.717, 1.165) is 12.8 Å². The highest BCUT2D eigenvalue weighted by molar-refractivity contribution is 7.66. The van der Waals surface area contributed by atoms with E-state index in [0.29, 0.717) is 29.1 Å². The van der Waals surface area contributed by atoms with Gasteiger partial charge in [0, 0.05) is 19.0 Å². The fourth-order valence-corrected chi connectivity index (χ4v) is 5.59. The Morgan fingerprint density at radius 3 is 2.72 bits per heavy atom. The molecule has 1 aliphatic heterocycles. The number of primary amides is 1. The zero-order valence-corrected chi connectivity index (χ0v) is 21.2. The van der Waals surface area contributed by atoms with E-state index in [1.54, 1.807) is 34.9 Å². The van der Waals surface area contributed by atoms with Crippen molar-refractivity contribution in [3.05, 3.63) is 58.4 Å². The molecule has 0 fully saturated rings. The van der Waals surface area contributed by atoms with Gasteiger partial charge >= 0.3 is 7.52 Å². The number of hydrogen-bond acceptors (Lipinski definition) is 7. The molecule has 36 heavy (non-hydrogen) atoms. The van der Waals surface area contributed by atoms with Crippen molar-refractivity contribution in [1.82, 2.24) is 4.57 Å². The molecule has 190 valence electrons. The van der Waals surface area contributed by atoms with E-state index in [4.69, 9.17) is 15.0 Å². The molecule has 1 amide bonds. The number of hydrogen-bond donors (Lipinski definition) is 3. The normalized spacial score (nSPS) is 17.7. The fourth-order valence-electron chi connectivity index (χ4n) is 4.06. The van der Waals surface area contributed by atoms with E-state index < -0.39 is 19.0 Å². The van der Waals surface area contributed by atoms with Crippen molar-refractivity contribution >= 4 is 41.2 Å². The summed E-state index contributed by atoms with van der Waals surface area (Å²) in [5, 5.41) is 14.9. The summed E-state index contributed by atoms with van der Waals surface area (Å²) in [5.41, 5.74) is 5.57. The van der Waals surface area contributed by atoms with Crippen LogP contribution in [0.25, 0.3) is 10.9 Å². The Hall–Kier alpha value is -3.62. The van der Waals surface area contributed by atoms with Crippen LogP contribution in [-0.2, 0) is 20.4 Å². The van der Waals surface area contributed by atoms with Crippen molar-refractivity contribution < 1.29 is 23.7 Å². The average Bonchev–Trinajstić information content (AvgIpc) is 2.87. The molecule has 0 radical (unpaired) electrons. The first-order valence-corrected chi connectivity index (χ1v) is 13.2. The Kier molecular flexibility index (Phi) is 7.19. The molecule has 0 saturated carbocycles. The molecule has 2 heterocycles. The topological polar surface area (TPSA) is 145 Å². The zero-order chi connectivity index (χ0) is 26.0. The van der Waals surface area contributed by atoms with Gasteiger partial charge in [-0.15, -0.1) is 0 Å². The number of amidine groups is 1. The van der Waals surface area contributed by atoms with E-state index in [1.807, 2.05) is 6.07 Å². The third kappa shape index (κ3) is 4.74. The maximum absolute atomic E-state index is 13.7. The number of benzene rings is 2. The zero-order valence-electron chi connectivity index (χ0n) is 20.4. The van der Waals surface area contributed by atoms with E-state index in [1.165, 1.54) is 13.2 Å². The number of para-hydroxylation sites is 1. The molecule has 0 saturated heterocycles. The van der Waals surface area contributed by atoms with E-state index >= 15 is 0 Å². The number of ether oxygens (including phenoxy) is 1. The quantitative estimate of drug-likeness (QED) is 0.373. The van der Waals surface area contributed by atoms with Gasteiger partial charge in [0.1, 0.15) is 17.1 Å². The molecular weight excluding hydrogens is 483 g/mol. The van der Waals surface area contributed by atoms with Crippen LogP contribution in [0.3, 0.4) is 0 Å². The van der Waals surface area contributed by atoms with Crippen molar-refractivity contribution in [2.75, 3.05) is 19.0 Å². The van der Waals surface area contributed by atoms with Gasteiger partial charge < -0.3 is 30.0 Å². The molecule has 2 atom stereocenters. The molecule has 10 nitrogen and oxygen atoms in total. The van der Waals surface area contributed by atoms with Gasteiger partial charge in [0.2, 0.25) is 0 Å². The summed E-state index contributed by atoms with van der Waals surface area (Å²) >= 11 is 0. The predicted molar refractivity (Wildman–Crippen MR) is 139 cm³/mol. The van der Waals surface area contributed by atoms with Crippen LogP contribution in [-0.4, -0.2) is 35.1 Å². The Morgan fingerprint density at radius 1 is 1.28 bits per heavy atom. The maximum Gasteiger partial charge on any atom is 0.348 e. The SMILES string of the molecule is CCC(C)CCn1c(=O)c(C2=NP(=O)(OC)c3cc(OCC(N)=O)ccc3N2)c(O)c2ccccc21. The van der Waals surface area contributed by atoms with Gasteiger partial charge in [-0.1, -0.05) is 32.4 Å². The second-order valence-electron chi connectivity index (χ2n) is 8.71. The van der Waals surface area contributed by atoms with Crippen molar-refractivity contribution in [3.63, 3.8) is 0 Å². The number of nitrogens with one attached hydrogen (secondary N) is 1. The van der Waals surface area contributed by atoms with Crippen LogP contribution in [0.2, 0.25) is 0 Å². The largest absolute Gasteiger partial charge is 0.506 e. The number of nitrogens with two attached hydrogens (primary N) is 1. The van der Waals surface area contributed by atoms with Crippen LogP contribution >= 0.6 is 7.52 Å². The molecule has 4 N–H and O–H groups in total. The number of aryl methyl sites for hydroxylation is 1. The summed E-state index contributed by atoms with van der Waals surface area (Å²) in [6.45, 7) is 4.32. The number of fused-ring (bicyclic) bond motifs is 2. The van der Waals surface area contributed by atoms with Crippen molar-refractivity contribution in [2.24, 2.45) is 16.4 Å². The van der Waals surface area contributed by atoms with Gasteiger partial charge in [0.05, 0.1) is 16.5 Å². The first-order valence-electron chi connectivity index (χ1n) is 11.6. The molecule has 11 heteroatoms. The maximum atomic E-state index is 13.7. The second kappa shape index (κ2) is 10.2. The van der Waals surface area contributed by atoms with Gasteiger partial charge in [-0.2, -0.15) is 4.76 Å². The number of carbonyl (C=O) groups excluding carboxylic acids is 1. The molecule has 3 aromatic rings. The fraction of sp³-hybridized carbons (Fsp3) is 0.320. The van der Waals surface area contributed by atoms with Gasteiger partial charge in [0.25, 0.3) is 11.5 Å². The molecule has 0 bridgehead atoms. The highest BCUT2D eigenvalue weighted by Crippen LogP contribution is 2.52. The van der Waals surface area contributed by atoms with Crippen LogP contribution in [0.4, 0.5) is 5.69 Å². The first-order chi connectivity index (χ1) is 17.2. The van der Waals surface area contributed by atoms with Crippen LogP contribution in [0, 0.1) is 5.92 Å². The summed E-state index contributed by atoms with van der Waals surface area (Å²) in [7, 11) is -2.61. The minimum Gasteiger partial charge on any atom is -0.506 e. The lowest BCUT2D eigenvalue weighted by atomic mass is 10.0. The van der Waals surface area contributed by atoms with Gasteiger partial charge in [-0.3, -0.25) is 14.2 Å². The smallest absolute Gasteiger partial charge is 0.348 e. The highest BCUT2D eigenvalue weighted by Gasteiger charge is 2.35. The van der Waals surface area contributed by atoms with Crippen LogP contribution in [0.1, 0.15) is 32.3 Å². The standard InChI is InChI=1S/C25H29N4O6P/c1-4-15(2)11-12-29-19-8-6-5-7-17(19)23(31)22(25(29)32)24-27-18-10-9-16(35-14-21(26)30)13-20(18)36(33,28-24)34-3/h5-10,13,15,31H,4,11-12,14H2,1-3H3,(H2,26,30)(H,27,28,33). The lowest BCUT2D eigenvalue weighted by molar-refractivity contribution is -0.119. The number of amides is 1. The molecule has 1 aromatic heterocycles. The molecule has 1 aliphatic rings. The summed E-state index contributed by atoms with van der Waals surface area (Å²) in [6, 6.07) is 11.7. The van der Waals surface area contributed by atoms with Gasteiger partial charge in [-0.05, 0) is 42.7 Å². The van der Waals surface area contributed by atoms with Crippen molar-refractivity contribution in [1.29, 1.82) is 0 Å². The predicted octanol–water partition coefficient (Wildman–Crippen LogP) is 3.34. The first kappa shape index (κ1) is 25.5. The Morgan fingerprint density at radius 2 is 2.03 bits per heavy atom. The number of nitrogens with zero attached hydrogens (tertiary/aromatic N) is 2. The summed E-state index contributed by atoms with van der Waals surface area (Å²) in [5.74, 6) is -0.300. The number of pyridine rings is 1. The highest BCUT2D eigenvalue weighted by atomic mass is 31.2. The van der Waals surface area contributed by atoms with Gasteiger partial charge in [-0.25, -0.2) is 0 Å². The minimum atomic E-state index is -3.86. The lowest BCUT2D eigenvalue weighted by Gasteiger charge is -2.25. The summed E-state index contributed by atoms with van der Waals surface area (Å²) < 4.78 is 30.3. The molecule has 0 spiro atoms. The van der Waals surface area contributed by atoms with Crippen molar-refractivity contribution in [2.45, 2.75) is 33.2 Å². The Labute approximate surface area is 208 Å². The second-order valence-corrected chi connectivity index (χ2v) is 10.8. The average molecular weight is 513 g/mol. The summed E-state index contributed by atoms with van der Waals surface area (Å²) in [6.07, 6.45) is 1.75. The van der Waals surface area contributed by atoms with Gasteiger partial charge in [0.15, 0.2) is 12.4 Å². The van der Waals surface area contributed by atoms with Crippen molar-refractivity contribution in [3.8, 4) is 11.5 Å². The van der Waals surface area contributed by atoms with E-state index in [2.05, 4.69) is 23.9 Å². The molecule has 4 rings (SSSR count). The number of rotatable bonds is 9. The third-order valence-corrected chi connectivity index (χ3v) is 8.25. The summed E-state index contributed by atoms with van der Waals surface area (Å²) in [4.78, 5) is 24.8. The molecule has 2 unspecified atom stereocenters. The molecular formula is C25H29N4O6P. The molecule has 2 aromatic carbocycles. The van der Waals surface area contributed by atoms with Crippen LogP contribution in [0.5, 0.6) is 11.5 Å². The Bertz CT molecular complexity index is 1460. The van der Waals surface area contributed by atoms with E-state index in [-0.39, 0.29) is 34.8 Å². The number of aromatic hydroxyl groups is 1. The van der Waals surface area contributed by atoms with Crippen LogP contribution in [0.15, 0.2) is 52.0 Å². The number of aromatic nitrogens is 1. The Balaban J connectivity index is 1.85. The number of anilines is 1.